The molecule has 2 aliphatic rings. The number of hydrogen-bond acceptors (Lipinski definition) is 4. The molecule has 1 aliphatic carbocycles. The van der Waals surface area contributed by atoms with Crippen molar-refractivity contribution < 1.29 is 9.59 Å². The van der Waals surface area contributed by atoms with Gasteiger partial charge in [-0.1, -0.05) is 37.5 Å². The van der Waals surface area contributed by atoms with Gasteiger partial charge < -0.3 is 4.90 Å². The SMILES string of the molecule is Cc1nccc(N(C(=O)[C@H](C)N2Cc3ccccc3C2=O)C2CCCCC2)n1. The monoisotopic (exact) mass is 378 g/mol. The molecule has 28 heavy (non-hydrogen) atoms. The molecule has 0 bridgehead atoms. The molecule has 2 heterocycles. The van der Waals surface area contributed by atoms with E-state index >= 15 is 0 Å². The first-order valence-electron chi connectivity index (χ1n) is 10.1. The maximum Gasteiger partial charge on any atom is 0.255 e. The quantitative estimate of drug-likeness (QED) is 0.817. The number of fused-ring (bicyclic) bond motifs is 1. The fourth-order valence-corrected chi connectivity index (χ4v) is 4.32. The van der Waals surface area contributed by atoms with E-state index in [9.17, 15) is 9.59 Å². The number of nitrogens with zero attached hydrogens (tertiary/aromatic N) is 4. The predicted molar refractivity (Wildman–Crippen MR) is 107 cm³/mol. The lowest BCUT2D eigenvalue weighted by atomic mass is 9.93. The lowest BCUT2D eigenvalue weighted by molar-refractivity contribution is -0.123. The molecule has 146 valence electrons. The van der Waals surface area contributed by atoms with Crippen LogP contribution in [0.25, 0.3) is 0 Å². The van der Waals surface area contributed by atoms with Crippen LogP contribution < -0.4 is 4.90 Å². The Kier molecular flexibility index (Phi) is 5.11. The van der Waals surface area contributed by atoms with Gasteiger partial charge in [0, 0.05) is 24.3 Å². The number of benzene rings is 1. The molecule has 0 saturated heterocycles. The molecule has 2 aromatic rings. The van der Waals surface area contributed by atoms with Gasteiger partial charge in [-0.3, -0.25) is 14.5 Å². The topological polar surface area (TPSA) is 66.4 Å². The third-order valence-electron chi connectivity index (χ3n) is 5.86. The summed E-state index contributed by atoms with van der Waals surface area (Å²) in [7, 11) is 0. The first-order valence-corrected chi connectivity index (χ1v) is 10.1. The van der Waals surface area contributed by atoms with Gasteiger partial charge in [-0.15, -0.1) is 0 Å². The van der Waals surface area contributed by atoms with Gasteiger partial charge >= 0.3 is 0 Å². The van der Waals surface area contributed by atoms with Gasteiger partial charge in [0.1, 0.15) is 17.7 Å². The fourth-order valence-electron chi connectivity index (χ4n) is 4.32. The van der Waals surface area contributed by atoms with Gasteiger partial charge in [-0.2, -0.15) is 0 Å². The zero-order valence-corrected chi connectivity index (χ0v) is 16.5. The highest BCUT2D eigenvalue weighted by Gasteiger charge is 2.38. The average Bonchev–Trinajstić information content (AvgIpc) is 3.05. The zero-order chi connectivity index (χ0) is 19.7. The highest BCUT2D eigenvalue weighted by atomic mass is 16.2. The van der Waals surface area contributed by atoms with E-state index in [-0.39, 0.29) is 17.9 Å². The number of rotatable bonds is 4. The van der Waals surface area contributed by atoms with E-state index in [2.05, 4.69) is 9.97 Å². The van der Waals surface area contributed by atoms with E-state index in [1.165, 1.54) is 6.42 Å². The summed E-state index contributed by atoms with van der Waals surface area (Å²) in [4.78, 5) is 38.7. The predicted octanol–water partition coefficient (Wildman–Crippen LogP) is 3.50. The van der Waals surface area contributed by atoms with Crippen molar-refractivity contribution in [3.8, 4) is 0 Å². The van der Waals surface area contributed by atoms with Gasteiger partial charge in [0.05, 0.1) is 0 Å². The van der Waals surface area contributed by atoms with Crippen molar-refractivity contribution in [3.63, 3.8) is 0 Å². The minimum absolute atomic E-state index is 0.0637. The number of aromatic nitrogens is 2. The Labute approximate surface area is 165 Å². The largest absolute Gasteiger partial charge is 0.323 e. The number of anilines is 1. The number of hydrogen-bond donors (Lipinski definition) is 0. The van der Waals surface area contributed by atoms with Crippen molar-refractivity contribution in [1.29, 1.82) is 0 Å². The Morgan fingerprint density at radius 1 is 1.18 bits per heavy atom. The highest BCUT2D eigenvalue weighted by molar-refractivity contribution is 6.04. The lowest BCUT2D eigenvalue weighted by Gasteiger charge is -2.37. The van der Waals surface area contributed by atoms with Gasteiger partial charge in [0.25, 0.3) is 11.8 Å². The molecule has 1 aromatic heterocycles. The van der Waals surface area contributed by atoms with Gasteiger partial charge in [-0.25, -0.2) is 9.97 Å². The maximum atomic E-state index is 13.6. The number of carbonyl (C=O) groups excluding carboxylic acids is 2. The average molecular weight is 378 g/mol. The van der Waals surface area contributed by atoms with Crippen molar-refractivity contribution in [2.45, 2.75) is 64.6 Å². The van der Waals surface area contributed by atoms with Gasteiger partial charge in [0.2, 0.25) is 0 Å². The molecule has 1 atom stereocenters. The molecule has 2 amide bonds. The second kappa shape index (κ2) is 7.70. The minimum Gasteiger partial charge on any atom is -0.323 e. The van der Waals surface area contributed by atoms with E-state index in [1.54, 1.807) is 17.2 Å². The maximum absolute atomic E-state index is 13.6. The van der Waals surface area contributed by atoms with Crippen molar-refractivity contribution in [2.75, 3.05) is 4.90 Å². The summed E-state index contributed by atoms with van der Waals surface area (Å²) in [6.07, 6.45) is 7.06. The van der Waals surface area contributed by atoms with Crippen LogP contribution in [-0.4, -0.2) is 38.8 Å². The van der Waals surface area contributed by atoms with Crippen LogP contribution in [-0.2, 0) is 11.3 Å². The molecule has 0 unspecified atom stereocenters. The third-order valence-corrected chi connectivity index (χ3v) is 5.86. The van der Waals surface area contributed by atoms with Crippen LogP contribution in [0.4, 0.5) is 5.82 Å². The van der Waals surface area contributed by atoms with Crippen molar-refractivity contribution in [2.24, 2.45) is 0 Å². The molecule has 0 spiro atoms. The molecule has 1 aromatic carbocycles. The smallest absolute Gasteiger partial charge is 0.255 e. The summed E-state index contributed by atoms with van der Waals surface area (Å²) in [5.41, 5.74) is 1.68. The third kappa shape index (κ3) is 3.39. The van der Waals surface area contributed by atoms with E-state index in [1.807, 2.05) is 43.0 Å². The van der Waals surface area contributed by atoms with Crippen LogP contribution in [0.5, 0.6) is 0 Å². The van der Waals surface area contributed by atoms with Crippen molar-refractivity contribution >= 4 is 17.6 Å². The molecule has 1 fully saturated rings. The van der Waals surface area contributed by atoms with Crippen LogP contribution in [0.15, 0.2) is 36.5 Å². The molecule has 0 N–H and O–H groups in total. The van der Waals surface area contributed by atoms with Crippen LogP contribution in [0, 0.1) is 6.92 Å². The standard InChI is InChI=1S/C22H26N4O2/c1-15(25-14-17-8-6-7-11-19(17)22(25)28)21(27)26(18-9-4-3-5-10-18)20-12-13-23-16(2)24-20/h6-8,11-13,15,18H,3-5,9-10,14H2,1-2H3/t15-/m0/s1. The summed E-state index contributed by atoms with van der Waals surface area (Å²) >= 11 is 0. The Morgan fingerprint density at radius 2 is 1.93 bits per heavy atom. The lowest BCUT2D eigenvalue weighted by Crippen LogP contribution is -2.52. The first kappa shape index (κ1) is 18.6. The van der Waals surface area contributed by atoms with Crippen molar-refractivity contribution in [1.82, 2.24) is 14.9 Å². The van der Waals surface area contributed by atoms with E-state index < -0.39 is 6.04 Å². The molecule has 6 nitrogen and oxygen atoms in total. The van der Waals surface area contributed by atoms with Crippen LogP contribution in [0.3, 0.4) is 0 Å². The summed E-state index contributed by atoms with van der Waals surface area (Å²) in [6, 6.07) is 8.96. The van der Waals surface area contributed by atoms with Crippen molar-refractivity contribution in [3.05, 3.63) is 53.5 Å². The van der Waals surface area contributed by atoms with E-state index in [0.717, 1.165) is 31.2 Å². The number of amides is 2. The second-order valence-corrected chi connectivity index (χ2v) is 7.73. The summed E-state index contributed by atoms with van der Waals surface area (Å²) in [5.74, 6) is 1.15. The molecular weight excluding hydrogens is 352 g/mol. The van der Waals surface area contributed by atoms with E-state index in [0.29, 0.717) is 23.8 Å². The fraction of sp³-hybridized carbons (Fsp3) is 0.455. The summed E-state index contributed by atoms with van der Waals surface area (Å²) in [5, 5.41) is 0. The van der Waals surface area contributed by atoms with Crippen LogP contribution in [0.1, 0.15) is 60.8 Å². The molecular formula is C22H26N4O2. The Hall–Kier alpha value is -2.76. The van der Waals surface area contributed by atoms with Crippen LogP contribution in [0.2, 0.25) is 0 Å². The minimum atomic E-state index is -0.544. The number of aryl methyl sites for hydroxylation is 1. The first-order chi connectivity index (χ1) is 13.6. The molecule has 4 rings (SSSR count). The molecule has 6 heteroatoms. The highest BCUT2D eigenvalue weighted by Crippen LogP contribution is 2.30. The molecule has 0 radical (unpaired) electrons. The van der Waals surface area contributed by atoms with Gasteiger partial charge in [-0.05, 0) is 44.4 Å². The molecule has 1 aliphatic heterocycles. The molecule has 1 saturated carbocycles. The normalized spacial score (nSPS) is 18.1. The van der Waals surface area contributed by atoms with Gasteiger partial charge in [0.15, 0.2) is 0 Å². The Bertz CT molecular complexity index is 892. The summed E-state index contributed by atoms with van der Waals surface area (Å²) in [6.45, 7) is 4.14. The summed E-state index contributed by atoms with van der Waals surface area (Å²) < 4.78 is 0. The Balaban J connectivity index is 1.63. The zero-order valence-electron chi connectivity index (χ0n) is 16.5. The number of carbonyl (C=O) groups is 2. The Morgan fingerprint density at radius 3 is 2.64 bits per heavy atom. The second-order valence-electron chi connectivity index (χ2n) is 7.73. The van der Waals surface area contributed by atoms with E-state index in [4.69, 9.17) is 0 Å². The van der Waals surface area contributed by atoms with Crippen LogP contribution >= 0.6 is 0 Å².